The van der Waals surface area contributed by atoms with E-state index in [2.05, 4.69) is 39.9 Å². The van der Waals surface area contributed by atoms with Crippen LogP contribution in [0.15, 0.2) is 42.9 Å². The molecule has 2 aromatic heterocycles. The summed E-state index contributed by atoms with van der Waals surface area (Å²) in [5, 5.41) is 3.46. The Morgan fingerprint density at radius 2 is 2.10 bits per heavy atom. The van der Waals surface area contributed by atoms with E-state index in [1.165, 1.54) is 0 Å². The smallest absolute Gasteiger partial charge is 0.111 e. The van der Waals surface area contributed by atoms with Crippen molar-refractivity contribution in [2.45, 2.75) is 19.4 Å². The molecule has 1 unspecified atom stereocenters. The molecule has 3 rings (SSSR count). The molecule has 0 amide bonds. The Kier molecular flexibility index (Phi) is 3.92. The van der Waals surface area contributed by atoms with Crippen molar-refractivity contribution in [3.05, 3.63) is 54.4 Å². The number of fused-ring (bicyclic) bond motifs is 1. The predicted octanol–water partition coefficient (Wildman–Crippen LogP) is 2.26. The van der Waals surface area contributed by atoms with Gasteiger partial charge in [-0.3, -0.25) is 9.97 Å². The zero-order valence-electron chi connectivity index (χ0n) is 12.3. The molecular weight excluding hydrogens is 262 g/mol. The average Bonchev–Trinajstić information content (AvgIpc) is 2.84. The Bertz CT molecular complexity index is 720. The minimum Gasteiger partial charge on any atom is -0.331 e. The molecule has 3 aromatic rings. The first-order valence-electron chi connectivity index (χ1n) is 7.19. The lowest BCUT2D eigenvalue weighted by Gasteiger charge is -2.16. The molecular formula is C16H19N5. The molecule has 1 atom stereocenters. The molecule has 0 aliphatic heterocycles. The van der Waals surface area contributed by atoms with Gasteiger partial charge in [0, 0.05) is 32.1 Å². The number of hydrogen-bond acceptors (Lipinski definition) is 4. The maximum Gasteiger partial charge on any atom is 0.111 e. The Hall–Kier alpha value is -2.27. The third-order valence-electron chi connectivity index (χ3n) is 3.66. The standard InChI is InChI=1S/C16H19N5/c1-3-18-13(14-11-17-8-9-19-14)10-16-20-12-6-4-5-7-15(12)21(16)2/h4-9,11,13,18H,3,10H2,1-2H3. The van der Waals surface area contributed by atoms with Crippen LogP contribution in [0.4, 0.5) is 0 Å². The molecule has 0 aliphatic carbocycles. The highest BCUT2D eigenvalue weighted by Crippen LogP contribution is 2.19. The fourth-order valence-electron chi connectivity index (χ4n) is 2.58. The lowest BCUT2D eigenvalue weighted by Crippen LogP contribution is -2.25. The Labute approximate surface area is 124 Å². The molecule has 21 heavy (non-hydrogen) atoms. The van der Waals surface area contributed by atoms with Crippen LogP contribution in [0.3, 0.4) is 0 Å². The molecule has 0 bridgehead atoms. The molecule has 108 valence electrons. The summed E-state index contributed by atoms with van der Waals surface area (Å²) in [5.41, 5.74) is 3.14. The van der Waals surface area contributed by atoms with Crippen LogP contribution in [0, 0.1) is 0 Å². The number of likely N-dealkylation sites (N-methyl/N-ethyl adjacent to an activating group) is 1. The maximum atomic E-state index is 4.73. The van der Waals surface area contributed by atoms with Gasteiger partial charge in [0.1, 0.15) is 5.82 Å². The first-order chi connectivity index (χ1) is 10.3. The first kappa shape index (κ1) is 13.7. The molecule has 0 radical (unpaired) electrons. The van der Waals surface area contributed by atoms with Gasteiger partial charge in [0.15, 0.2) is 0 Å². The summed E-state index contributed by atoms with van der Waals surface area (Å²) in [4.78, 5) is 13.3. The molecule has 5 heteroatoms. The molecule has 0 fully saturated rings. The van der Waals surface area contributed by atoms with Gasteiger partial charge in [-0.2, -0.15) is 0 Å². The molecule has 0 spiro atoms. The number of benzene rings is 1. The van der Waals surface area contributed by atoms with Crippen LogP contribution < -0.4 is 5.32 Å². The second-order valence-electron chi connectivity index (χ2n) is 5.02. The Morgan fingerprint density at radius 3 is 2.81 bits per heavy atom. The van der Waals surface area contributed by atoms with Gasteiger partial charge in [-0.05, 0) is 18.7 Å². The van der Waals surface area contributed by atoms with Crippen molar-refractivity contribution in [1.29, 1.82) is 0 Å². The number of aromatic nitrogens is 4. The molecule has 0 saturated heterocycles. The second kappa shape index (κ2) is 6.01. The molecule has 0 saturated carbocycles. The van der Waals surface area contributed by atoms with Crippen LogP contribution in [-0.4, -0.2) is 26.1 Å². The summed E-state index contributed by atoms with van der Waals surface area (Å²) in [6.45, 7) is 2.98. The summed E-state index contributed by atoms with van der Waals surface area (Å²) in [5.74, 6) is 1.05. The third kappa shape index (κ3) is 2.78. The fraction of sp³-hybridized carbons (Fsp3) is 0.312. The summed E-state index contributed by atoms with van der Waals surface area (Å²) in [7, 11) is 2.06. The minimum absolute atomic E-state index is 0.124. The van der Waals surface area contributed by atoms with E-state index in [1.54, 1.807) is 12.4 Å². The van der Waals surface area contributed by atoms with E-state index in [1.807, 2.05) is 24.4 Å². The van der Waals surface area contributed by atoms with E-state index >= 15 is 0 Å². The minimum atomic E-state index is 0.124. The van der Waals surface area contributed by atoms with Crippen molar-refractivity contribution in [3.8, 4) is 0 Å². The molecule has 1 N–H and O–H groups in total. The topological polar surface area (TPSA) is 55.6 Å². The van der Waals surface area contributed by atoms with Gasteiger partial charge >= 0.3 is 0 Å². The van der Waals surface area contributed by atoms with Crippen LogP contribution in [0.25, 0.3) is 11.0 Å². The molecule has 0 aliphatic rings. The highest BCUT2D eigenvalue weighted by Gasteiger charge is 2.16. The van der Waals surface area contributed by atoms with Crippen molar-refractivity contribution in [1.82, 2.24) is 24.8 Å². The quantitative estimate of drug-likeness (QED) is 0.779. The monoisotopic (exact) mass is 281 g/mol. The highest BCUT2D eigenvalue weighted by atomic mass is 15.1. The van der Waals surface area contributed by atoms with Gasteiger partial charge in [0.05, 0.1) is 22.8 Å². The van der Waals surface area contributed by atoms with Crippen molar-refractivity contribution in [3.63, 3.8) is 0 Å². The third-order valence-corrected chi connectivity index (χ3v) is 3.66. The van der Waals surface area contributed by atoms with Gasteiger partial charge in [-0.1, -0.05) is 19.1 Å². The lowest BCUT2D eigenvalue weighted by atomic mass is 10.1. The van der Waals surface area contributed by atoms with Crippen molar-refractivity contribution < 1.29 is 0 Å². The maximum absolute atomic E-state index is 4.73. The Balaban J connectivity index is 1.93. The number of hydrogen-bond donors (Lipinski definition) is 1. The van der Waals surface area contributed by atoms with E-state index in [0.29, 0.717) is 0 Å². The van der Waals surface area contributed by atoms with Crippen LogP contribution in [0.1, 0.15) is 24.5 Å². The predicted molar refractivity (Wildman–Crippen MR) is 82.9 cm³/mol. The van der Waals surface area contributed by atoms with Crippen molar-refractivity contribution >= 4 is 11.0 Å². The fourth-order valence-corrected chi connectivity index (χ4v) is 2.58. The molecule has 2 heterocycles. The summed E-state index contributed by atoms with van der Waals surface area (Å²) < 4.78 is 2.15. The first-order valence-corrected chi connectivity index (χ1v) is 7.19. The summed E-state index contributed by atoms with van der Waals surface area (Å²) in [6, 6.07) is 8.32. The van der Waals surface area contributed by atoms with Gasteiger partial charge in [-0.15, -0.1) is 0 Å². The van der Waals surface area contributed by atoms with Gasteiger partial charge < -0.3 is 9.88 Å². The number of aryl methyl sites for hydroxylation is 1. The van der Waals surface area contributed by atoms with E-state index in [0.717, 1.165) is 35.5 Å². The lowest BCUT2D eigenvalue weighted by molar-refractivity contribution is 0.517. The van der Waals surface area contributed by atoms with Crippen LogP contribution in [0.2, 0.25) is 0 Å². The largest absolute Gasteiger partial charge is 0.331 e. The van der Waals surface area contributed by atoms with E-state index < -0.39 is 0 Å². The number of nitrogens with one attached hydrogen (secondary N) is 1. The van der Waals surface area contributed by atoms with E-state index in [-0.39, 0.29) is 6.04 Å². The van der Waals surface area contributed by atoms with Gasteiger partial charge in [0.2, 0.25) is 0 Å². The number of nitrogens with zero attached hydrogens (tertiary/aromatic N) is 4. The Morgan fingerprint density at radius 1 is 1.24 bits per heavy atom. The molecule has 1 aromatic carbocycles. The van der Waals surface area contributed by atoms with Crippen molar-refractivity contribution in [2.75, 3.05) is 6.54 Å². The van der Waals surface area contributed by atoms with Gasteiger partial charge in [-0.25, -0.2) is 4.98 Å². The van der Waals surface area contributed by atoms with Crippen LogP contribution >= 0.6 is 0 Å². The van der Waals surface area contributed by atoms with E-state index in [9.17, 15) is 0 Å². The highest BCUT2D eigenvalue weighted by molar-refractivity contribution is 5.75. The molecule has 5 nitrogen and oxygen atoms in total. The summed E-state index contributed by atoms with van der Waals surface area (Å²) >= 11 is 0. The average molecular weight is 281 g/mol. The number of para-hydroxylation sites is 2. The summed E-state index contributed by atoms with van der Waals surface area (Å²) in [6.07, 6.45) is 6.03. The van der Waals surface area contributed by atoms with E-state index in [4.69, 9.17) is 4.98 Å². The van der Waals surface area contributed by atoms with Crippen LogP contribution in [0.5, 0.6) is 0 Å². The SMILES string of the molecule is CCNC(Cc1nc2ccccc2n1C)c1cnccn1. The van der Waals surface area contributed by atoms with Gasteiger partial charge in [0.25, 0.3) is 0 Å². The van der Waals surface area contributed by atoms with Crippen molar-refractivity contribution in [2.24, 2.45) is 7.05 Å². The zero-order valence-corrected chi connectivity index (χ0v) is 12.3. The number of rotatable bonds is 5. The van der Waals surface area contributed by atoms with Crippen LogP contribution in [-0.2, 0) is 13.5 Å². The second-order valence-corrected chi connectivity index (χ2v) is 5.02. The number of imidazole rings is 1. The normalized spacial score (nSPS) is 12.7. The zero-order chi connectivity index (χ0) is 14.7.